The van der Waals surface area contributed by atoms with Crippen molar-refractivity contribution in [2.24, 2.45) is 0 Å². The van der Waals surface area contributed by atoms with Crippen LogP contribution in [0.3, 0.4) is 0 Å². The van der Waals surface area contributed by atoms with Gasteiger partial charge in [0.15, 0.2) is 0 Å². The highest BCUT2D eigenvalue weighted by Crippen LogP contribution is 2.37. The molecule has 2 aromatic rings. The fraction of sp³-hybridized carbons (Fsp3) is 0.350. The number of nitrogens with zero attached hydrogens (tertiary/aromatic N) is 3. The molecule has 25 heavy (non-hydrogen) atoms. The molecule has 0 N–H and O–H groups in total. The van der Waals surface area contributed by atoms with Crippen molar-refractivity contribution in [1.29, 1.82) is 0 Å². The van der Waals surface area contributed by atoms with Crippen LogP contribution in [0.25, 0.3) is 0 Å². The smallest absolute Gasteiger partial charge is 0.253 e. The summed E-state index contributed by atoms with van der Waals surface area (Å²) in [5.41, 5.74) is 5.25. The summed E-state index contributed by atoms with van der Waals surface area (Å²) in [7, 11) is 1.85. The molecule has 128 valence electrons. The highest BCUT2D eigenvalue weighted by atomic mass is 16.2. The van der Waals surface area contributed by atoms with Crippen molar-refractivity contribution in [3.8, 4) is 0 Å². The third kappa shape index (κ3) is 2.90. The Labute approximate surface area is 147 Å². The van der Waals surface area contributed by atoms with Gasteiger partial charge in [-0.25, -0.2) is 0 Å². The maximum atomic E-state index is 12.8. The van der Waals surface area contributed by atoms with Crippen LogP contribution in [0, 0.1) is 0 Å². The number of pyridine rings is 1. The molecule has 2 aliphatic heterocycles. The van der Waals surface area contributed by atoms with Gasteiger partial charge in [-0.05, 0) is 60.2 Å². The van der Waals surface area contributed by atoms with Crippen LogP contribution in [0.2, 0.25) is 0 Å². The lowest BCUT2D eigenvalue weighted by Crippen LogP contribution is -2.33. The second-order valence-electron chi connectivity index (χ2n) is 6.77. The first-order chi connectivity index (χ1) is 12.1. The van der Waals surface area contributed by atoms with Gasteiger partial charge in [-0.1, -0.05) is 0 Å². The maximum absolute atomic E-state index is 12.8. The zero-order valence-corrected chi connectivity index (χ0v) is 14.4. The molecule has 3 heterocycles. The predicted molar refractivity (Wildman–Crippen MR) is 95.7 cm³/mol. The molecule has 5 heteroatoms. The van der Waals surface area contributed by atoms with Gasteiger partial charge < -0.3 is 9.80 Å². The fourth-order valence-corrected chi connectivity index (χ4v) is 3.75. The number of anilines is 1. The Morgan fingerprint density at radius 2 is 1.88 bits per heavy atom. The molecule has 4 rings (SSSR count). The van der Waals surface area contributed by atoms with Crippen molar-refractivity contribution in [1.82, 2.24) is 9.88 Å². The van der Waals surface area contributed by atoms with Crippen molar-refractivity contribution >= 4 is 17.5 Å². The van der Waals surface area contributed by atoms with Gasteiger partial charge >= 0.3 is 0 Å². The first kappa shape index (κ1) is 15.8. The van der Waals surface area contributed by atoms with E-state index in [0.717, 1.165) is 48.2 Å². The Bertz CT molecular complexity index is 832. The predicted octanol–water partition coefficient (Wildman–Crippen LogP) is 2.23. The van der Waals surface area contributed by atoms with Gasteiger partial charge in [-0.3, -0.25) is 14.6 Å². The largest absolute Gasteiger partial charge is 0.341 e. The third-order valence-electron chi connectivity index (χ3n) is 5.13. The highest BCUT2D eigenvalue weighted by molar-refractivity contribution is 6.01. The molecular formula is C20H21N3O2. The molecular weight excluding hydrogens is 314 g/mol. The second-order valence-corrected chi connectivity index (χ2v) is 6.77. The van der Waals surface area contributed by atoms with E-state index in [1.54, 1.807) is 17.3 Å². The summed E-state index contributed by atoms with van der Waals surface area (Å²) < 4.78 is 0. The Morgan fingerprint density at radius 1 is 1.16 bits per heavy atom. The van der Waals surface area contributed by atoms with Gasteiger partial charge in [0, 0.05) is 44.5 Å². The number of likely N-dealkylation sites (N-methyl/N-ethyl adjacent to an activating group) is 1. The van der Waals surface area contributed by atoms with Crippen LogP contribution < -0.4 is 4.90 Å². The lowest BCUT2D eigenvalue weighted by molar-refractivity contribution is -0.118. The fourth-order valence-electron chi connectivity index (χ4n) is 3.75. The van der Waals surface area contributed by atoms with Crippen molar-refractivity contribution in [3.05, 3.63) is 58.9 Å². The molecule has 0 atom stereocenters. The van der Waals surface area contributed by atoms with Gasteiger partial charge in [-0.15, -0.1) is 0 Å². The zero-order chi connectivity index (χ0) is 17.4. The van der Waals surface area contributed by atoms with Crippen LogP contribution in [-0.2, 0) is 24.1 Å². The normalized spacial score (nSPS) is 15.2. The summed E-state index contributed by atoms with van der Waals surface area (Å²) >= 11 is 0. The van der Waals surface area contributed by atoms with Gasteiger partial charge in [0.1, 0.15) is 0 Å². The zero-order valence-electron chi connectivity index (χ0n) is 14.4. The molecule has 2 amide bonds. The highest BCUT2D eigenvalue weighted by Gasteiger charge is 2.32. The van der Waals surface area contributed by atoms with Crippen molar-refractivity contribution in [2.45, 2.75) is 25.7 Å². The number of hydrogen-bond donors (Lipinski definition) is 0. The summed E-state index contributed by atoms with van der Waals surface area (Å²) in [4.78, 5) is 32.5. The molecule has 0 fully saturated rings. The average Bonchev–Trinajstić information content (AvgIpc) is 3.08. The van der Waals surface area contributed by atoms with E-state index >= 15 is 0 Å². The van der Waals surface area contributed by atoms with Gasteiger partial charge in [0.25, 0.3) is 5.91 Å². The summed E-state index contributed by atoms with van der Waals surface area (Å²) in [6.45, 7) is 1.41. The SMILES string of the molecule is CN(CCc1ccncc1)C(=O)c1cc2c3c(c1)CCN3C(=O)CC2. The van der Waals surface area contributed by atoms with E-state index < -0.39 is 0 Å². The summed E-state index contributed by atoms with van der Waals surface area (Å²) in [6, 6.07) is 7.91. The first-order valence-electron chi connectivity index (χ1n) is 8.74. The Balaban J connectivity index is 1.52. The molecule has 2 aliphatic rings. The minimum Gasteiger partial charge on any atom is -0.341 e. The standard InChI is InChI=1S/C20H21N3O2/c1-22(10-6-14-4-8-21-9-5-14)20(25)17-12-15-2-3-18(24)23-11-7-16(13-17)19(15)23/h4-5,8-9,12-13H,2-3,6-7,10-11H2,1H3. The number of benzene rings is 1. The van der Waals surface area contributed by atoms with E-state index in [4.69, 9.17) is 0 Å². The molecule has 1 aromatic heterocycles. The molecule has 0 saturated carbocycles. The summed E-state index contributed by atoms with van der Waals surface area (Å²) in [5.74, 6) is 0.253. The van der Waals surface area contributed by atoms with Crippen LogP contribution >= 0.6 is 0 Å². The number of rotatable bonds is 4. The van der Waals surface area contributed by atoms with E-state index in [-0.39, 0.29) is 11.8 Å². The summed E-state index contributed by atoms with van der Waals surface area (Å²) in [6.07, 6.45) is 6.48. The number of amides is 2. The Morgan fingerprint density at radius 3 is 2.64 bits per heavy atom. The number of aryl methyl sites for hydroxylation is 1. The minimum atomic E-state index is 0.0449. The van der Waals surface area contributed by atoms with E-state index in [1.807, 2.05) is 36.2 Å². The molecule has 0 bridgehead atoms. The first-order valence-corrected chi connectivity index (χ1v) is 8.74. The Hall–Kier alpha value is -2.69. The topological polar surface area (TPSA) is 53.5 Å². The third-order valence-corrected chi connectivity index (χ3v) is 5.13. The molecule has 1 aromatic carbocycles. The lowest BCUT2D eigenvalue weighted by atomic mass is 9.96. The van der Waals surface area contributed by atoms with Gasteiger partial charge in [-0.2, -0.15) is 0 Å². The van der Waals surface area contributed by atoms with E-state index in [9.17, 15) is 9.59 Å². The quantitative estimate of drug-likeness (QED) is 0.861. The van der Waals surface area contributed by atoms with Gasteiger partial charge in [0.05, 0.1) is 5.69 Å². The van der Waals surface area contributed by atoms with Crippen LogP contribution in [0.4, 0.5) is 5.69 Å². The van der Waals surface area contributed by atoms with Crippen molar-refractivity contribution in [3.63, 3.8) is 0 Å². The van der Waals surface area contributed by atoms with E-state index in [1.165, 1.54) is 5.56 Å². The van der Waals surface area contributed by atoms with Crippen LogP contribution in [0.1, 0.15) is 33.5 Å². The van der Waals surface area contributed by atoms with E-state index in [0.29, 0.717) is 13.0 Å². The lowest BCUT2D eigenvalue weighted by Gasteiger charge is -2.26. The van der Waals surface area contributed by atoms with Crippen molar-refractivity contribution < 1.29 is 9.59 Å². The average molecular weight is 335 g/mol. The maximum Gasteiger partial charge on any atom is 0.253 e. The summed E-state index contributed by atoms with van der Waals surface area (Å²) in [5, 5.41) is 0. The molecule has 5 nitrogen and oxygen atoms in total. The van der Waals surface area contributed by atoms with Crippen molar-refractivity contribution in [2.75, 3.05) is 25.0 Å². The van der Waals surface area contributed by atoms with Crippen LogP contribution in [0.15, 0.2) is 36.7 Å². The number of hydrogen-bond acceptors (Lipinski definition) is 3. The molecule has 0 saturated heterocycles. The number of carbonyl (C=O) groups excluding carboxylic acids is 2. The van der Waals surface area contributed by atoms with E-state index in [2.05, 4.69) is 4.98 Å². The number of aromatic nitrogens is 1. The molecule has 0 spiro atoms. The van der Waals surface area contributed by atoms with Crippen LogP contribution in [-0.4, -0.2) is 41.8 Å². The number of carbonyl (C=O) groups is 2. The molecule has 0 aliphatic carbocycles. The molecule has 0 radical (unpaired) electrons. The minimum absolute atomic E-state index is 0.0449. The van der Waals surface area contributed by atoms with Gasteiger partial charge in [0.2, 0.25) is 5.91 Å². The monoisotopic (exact) mass is 335 g/mol. The molecule has 0 unspecified atom stereocenters. The van der Waals surface area contributed by atoms with Crippen LogP contribution in [0.5, 0.6) is 0 Å². The Kier molecular flexibility index (Phi) is 3.99. The second kappa shape index (κ2) is 6.31.